The molecule has 0 spiro atoms. The van der Waals surface area contributed by atoms with Crippen LogP contribution in [-0.4, -0.2) is 18.0 Å². The van der Waals surface area contributed by atoms with E-state index in [1.165, 1.54) is 0 Å². The van der Waals surface area contributed by atoms with Crippen LogP contribution in [0.15, 0.2) is 12.1 Å². The number of primary amides is 1. The summed E-state index contributed by atoms with van der Waals surface area (Å²) < 4.78 is 39.1. The molecule has 0 aliphatic rings. The lowest BCUT2D eigenvalue weighted by Crippen LogP contribution is -2.46. The Kier molecular flexibility index (Phi) is 5.57. The summed E-state index contributed by atoms with van der Waals surface area (Å²) in [6.07, 6.45) is 0.295. The van der Waals surface area contributed by atoms with Crippen molar-refractivity contribution in [3.05, 3.63) is 29.6 Å². The summed E-state index contributed by atoms with van der Waals surface area (Å²) in [5, 5.41) is 4.25. The van der Waals surface area contributed by atoms with Crippen LogP contribution in [0.1, 0.15) is 20.3 Å². The van der Waals surface area contributed by atoms with Gasteiger partial charge in [0.2, 0.25) is 5.91 Å². The largest absolute Gasteiger partial charge is 0.368 e. The van der Waals surface area contributed by atoms with E-state index in [0.29, 0.717) is 18.6 Å². The Morgan fingerprint density at radius 3 is 2.24 bits per heavy atom. The molecule has 0 bridgehead atoms. The number of benzene rings is 1. The molecule has 0 aromatic heterocycles. The van der Waals surface area contributed by atoms with Crippen molar-refractivity contribution >= 4 is 17.6 Å². The fourth-order valence-corrected chi connectivity index (χ4v) is 1.65. The van der Waals surface area contributed by atoms with Crippen LogP contribution < -0.4 is 16.4 Å². The van der Waals surface area contributed by atoms with Crippen LogP contribution in [0.25, 0.3) is 0 Å². The van der Waals surface area contributed by atoms with Gasteiger partial charge in [-0.05, 0) is 12.3 Å². The molecule has 5 nitrogen and oxygen atoms in total. The molecule has 0 saturated heterocycles. The van der Waals surface area contributed by atoms with Crippen molar-refractivity contribution in [2.45, 2.75) is 26.3 Å². The maximum atomic E-state index is 13.4. The molecule has 0 heterocycles. The molecule has 4 N–H and O–H groups in total. The van der Waals surface area contributed by atoms with Crippen LogP contribution in [0.2, 0.25) is 0 Å². The van der Waals surface area contributed by atoms with E-state index in [2.05, 4.69) is 5.32 Å². The average molecular weight is 303 g/mol. The Bertz CT molecular complexity index is 550. The summed E-state index contributed by atoms with van der Waals surface area (Å²) in [5.41, 5.74) is 4.59. The third-order valence-corrected chi connectivity index (χ3v) is 2.61. The third-order valence-electron chi connectivity index (χ3n) is 2.61. The van der Waals surface area contributed by atoms with E-state index in [-0.39, 0.29) is 5.92 Å². The van der Waals surface area contributed by atoms with Gasteiger partial charge in [-0.3, -0.25) is 4.79 Å². The summed E-state index contributed by atoms with van der Waals surface area (Å²) in [5.74, 6) is -4.47. The minimum Gasteiger partial charge on any atom is -0.368 e. The molecule has 1 aromatic rings. The van der Waals surface area contributed by atoms with Crippen LogP contribution >= 0.6 is 0 Å². The number of rotatable bonds is 5. The van der Waals surface area contributed by atoms with Gasteiger partial charge < -0.3 is 16.4 Å². The summed E-state index contributed by atoms with van der Waals surface area (Å²) in [7, 11) is 0. The van der Waals surface area contributed by atoms with Crippen molar-refractivity contribution < 1.29 is 22.8 Å². The van der Waals surface area contributed by atoms with Crippen molar-refractivity contribution in [1.82, 2.24) is 5.32 Å². The molecular formula is C13H16F3N3O2. The molecule has 0 radical (unpaired) electrons. The average Bonchev–Trinajstić information content (AvgIpc) is 2.34. The Balaban J connectivity index is 2.77. The first-order valence-corrected chi connectivity index (χ1v) is 6.22. The number of hydrogen-bond acceptors (Lipinski definition) is 2. The van der Waals surface area contributed by atoms with Gasteiger partial charge in [-0.2, -0.15) is 0 Å². The van der Waals surface area contributed by atoms with Crippen molar-refractivity contribution in [1.29, 1.82) is 0 Å². The fraction of sp³-hybridized carbons (Fsp3) is 0.385. The van der Waals surface area contributed by atoms with E-state index in [1.807, 2.05) is 19.2 Å². The molecule has 0 fully saturated rings. The topological polar surface area (TPSA) is 84.2 Å². The van der Waals surface area contributed by atoms with Crippen LogP contribution in [0.4, 0.5) is 23.7 Å². The van der Waals surface area contributed by atoms with E-state index in [0.717, 1.165) is 0 Å². The minimum atomic E-state index is -1.37. The normalized spacial score (nSPS) is 12.1. The highest BCUT2D eigenvalue weighted by molar-refractivity contribution is 5.93. The number of hydrogen-bond donors (Lipinski definition) is 3. The SMILES string of the molecule is CC(C)C[C@H](NC(=O)Nc1cc(F)c(F)cc1F)C(N)=O. The first-order chi connectivity index (χ1) is 9.70. The first kappa shape index (κ1) is 16.8. The highest BCUT2D eigenvalue weighted by atomic mass is 19.2. The monoisotopic (exact) mass is 303 g/mol. The summed E-state index contributed by atoms with van der Waals surface area (Å²) in [6.45, 7) is 3.65. The summed E-state index contributed by atoms with van der Waals surface area (Å²) >= 11 is 0. The van der Waals surface area contributed by atoms with Gasteiger partial charge in [0.15, 0.2) is 11.6 Å². The Morgan fingerprint density at radius 1 is 1.14 bits per heavy atom. The number of nitrogens with two attached hydrogens (primary N) is 1. The third kappa shape index (κ3) is 4.97. The molecular weight excluding hydrogens is 287 g/mol. The van der Waals surface area contributed by atoms with E-state index in [9.17, 15) is 22.8 Å². The van der Waals surface area contributed by atoms with Crippen molar-refractivity contribution in [2.75, 3.05) is 5.32 Å². The second kappa shape index (κ2) is 6.96. The Labute approximate surface area is 119 Å². The number of nitrogens with one attached hydrogen (secondary N) is 2. The van der Waals surface area contributed by atoms with E-state index in [4.69, 9.17) is 5.73 Å². The molecule has 0 unspecified atom stereocenters. The minimum absolute atomic E-state index is 0.0859. The molecule has 0 aliphatic carbocycles. The van der Waals surface area contributed by atoms with Gasteiger partial charge >= 0.3 is 6.03 Å². The lowest BCUT2D eigenvalue weighted by atomic mass is 10.0. The summed E-state index contributed by atoms with van der Waals surface area (Å²) in [4.78, 5) is 22.8. The van der Waals surface area contributed by atoms with Crippen LogP contribution in [0, 0.1) is 23.4 Å². The second-order valence-corrected chi connectivity index (χ2v) is 4.93. The highest BCUT2D eigenvalue weighted by Gasteiger charge is 2.20. The zero-order valence-corrected chi connectivity index (χ0v) is 11.5. The van der Waals surface area contributed by atoms with Gasteiger partial charge in [0, 0.05) is 12.1 Å². The van der Waals surface area contributed by atoms with Crippen LogP contribution in [-0.2, 0) is 4.79 Å². The first-order valence-electron chi connectivity index (χ1n) is 6.22. The van der Waals surface area contributed by atoms with E-state index in [1.54, 1.807) is 0 Å². The predicted octanol–water partition coefficient (Wildman–Crippen LogP) is 2.13. The smallest absolute Gasteiger partial charge is 0.319 e. The zero-order chi connectivity index (χ0) is 16.2. The van der Waals surface area contributed by atoms with Crippen molar-refractivity contribution in [3.8, 4) is 0 Å². The number of urea groups is 1. The van der Waals surface area contributed by atoms with Crippen LogP contribution in [0.3, 0.4) is 0 Å². The molecule has 0 saturated carbocycles. The molecule has 0 aliphatic heterocycles. The van der Waals surface area contributed by atoms with Gasteiger partial charge in [0.25, 0.3) is 0 Å². The zero-order valence-electron chi connectivity index (χ0n) is 11.5. The number of carbonyl (C=O) groups excluding carboxylic acids is 2. The molecule has 116 valence electrons. The Morgan fingerprint density at radius 2 is 1.71 bits per heavy atom. The van der Waals surface area contributed by atoms with E-state index >= 15 is 0 Å². The van der Waals surface area contributed by atoms with Gasteiger partial charge in [-0.25, -0.2) is 18.0 Å². The number of carbonyl (C=O) groups is 2. The quantitative estimate of drug-likeness (QED) is 0.728. The lowest BCUT2D eigenvalue weighted by molar-refractivity contribution is -0.120. The fourth-order valence-electron chi connectivity index (χ4n) is 1.65. The van der Waals surface area contributed by atoms with E-state index < -0.39 is 41.1 Å². The number of amides is 3. The highest BCUT2D eigenvalue weighted by Crippen LogP contribution is 2.18. The van der Waals surface area contributed by atoms with Gasteiger partial charge in [-0.1, -0.05) is 13.8 Å². The van der Waals surface area contributed by atoms with Crippen LogP contribution in [0.5, 0.6) is 0 Å². The molecule has 3 amide bonds. The van der Waals surface area contributed by atoms with Gasteiger partial charge in [-0.15, -0.1) is 0 Å². The lowest BCUT2D eigenvalue weighted by Gasteiger charge is -2.18. The maximum absolute atomic E-state index is 13.4. The molecule has 1 aromatic carbocycles. The van der Waals surface area contributed by atoms with Gasteiger partial charge in [0.1, 0.15) is 11.9 Å². The molecule has 1 rings (SSSR count). The molecule has 1 atom stereocenters. The number of halogens is 3. The molecule has 21 heavy (non-hydrogen) atoms. The summed E-state index contributed by atoms with van der Waals surface area (Å²) in [6, 6.07) is -1.07. The van der Waals surface area contributed by atoms with Crippen molar-refractivity contribution in [2.24, 2.45) is 11.7 Å². The standard InChI is InChI=1S/C13H16F3N3O2/c1-6(2)3-11(12(17)20)19-13(21)18-10-5-8(15)7(14)4-9(10)16/h4-6,11H,3H2,1-2H3,(H2,17,20)(H2,18,19,21)/t11-/m0/s1. The predicted molar refractivity (Wildman–Crippen MR) is 70.9 cm³/mol. The van der Waals surface area contributed by atoms with Gasteiger partial charge in [0.05, 0.1) is 5.69 Å². The maximum Gasteiger partial charge on any atom is 0.319 e. The van der Waals surface area contributed by atoms with Crippen molar-refractivity contribution in [3.63, 3.8) is 0 Å². The molecule has 8 heteroatoms. The second-order valence-electron chi connectivity index (χ2n) is 4.93. The number of anilines is 1. The Hall–Kier alpha value is -2.25.